The summed E-state index contributed by atoms with van der Waals surface area (Å²) in [5.41, 5.74) is 8.52. The summed E-state index contributed by atoms with van der Waals surface area (Å²) in [5.74, 6) is 0.843. The maximum atomic E-state index is 6.29. The molecule has 1 aliphatic rings. The Labute approximate surface area is 102 Å². The van der Waals surface area contributed by atoms with Crippen LogP contribution in [0.4, 0.5) is 0 Å². The highest BCUT2D eigenvalue weighted by Crippen LogP contribution is 2.27. The molecule has 2 atom stereocenters. The van der Waals surface area contributed by atoms with Crippen LogP contribution in [0.3, 0.4) is 0 Å². The summed E-state index contributed by atoms with van der Waals surface area (Å²) in [6.45, 7) is 4.32. The number of rotatable bonds is 3. The third kappa shape index (κ3) is 2.77. The van der Waals surface area contributed by atoms with Gasteiger partial charge in [-0.25, -0.2) is 0 Å². The molecule has 2 unspecified atom stereocenters. The number of aryl methyl sites for hydroxylation is 1. The lowest BCUT2D eigenvalue weighted by molar-refractivity contribution is 0.0682. The molecule has 1 aromatic rings. The molecule has 94 valence electrons. The summed E-state index contributed by atoms with van der Waals surface area (Å²) in [7, 11) is 1.67. The minimum atomic E-state index is -0.106. The van der Waals surface area contributed by atoms with Crippen LogP contribution in [0.5, 0.6) is 5.75 Å². The van der Waals surface area contributed by atoms with E-state index in [1.165, 1.54) is 5.56 Å². The first kappa shape index (κ1) is 12.4. The maximum Gasteiger partial charge on any atom is 0.123 e. The number of ether oxygens (including phenoxy) is 2. The van der Waals surface area contributed by atoms with Gasteiger partial charge in [0.15, 0.2) is 0 Å². The molecular weight excluding hydrogens is 216 g/mol. The average molecular weight is 236 g/mol. The molecule has 0 saturated carbocycles. The van der Waals surface area contributed by atoms with Gasteiger partial charge < -0.3 is 20.5 Å². The fourth-order valence-corrected chi connectivity index (χ4v) is 2.15. The van der Waals surface area contributed by atoms with E-state index in [1.807, 2.05) is 12.1 Å². The Morgan fingerprint density at radius 1 is 1.53 bits per heavy atom. The number of hydrogen-bond donors (Lipinski definition) is 2. The predicted molar refractivity (Wildman–Crippen MR) is 67.3 cm³/mol. The number of methoxy groups -OCH3 is 1. The molecule has 0 bridgehead atoms. The average Bonchev–Trinajstić information content (AvgIpc) is 2.39. The van der Waals surface area contributed by atoms with Crippen LogP contribution < -0.4 is 15.8 Å². The molecule has 0 aliphatic carbocycles. The molecule has 0 amide bonds. The van der Waals surface area contributed by atoms with Crippen LogP contribution >= 0.6 is 0 Å². The van der Waals surface area contributed by atoms with Crippen molar-refractivity contribution < 1.29 is 9.47 Å². The topological polar surface area (TPSA) is 56.5 Å². The monoisotopic (exact) mass is 236 g/mol. The number of morpholine rings is 1. The van der Waals surface area contributed by atoms with Gasteiger partial charge in [-0.2, -0.15) is 0 Å². The third-order valence-electron chi connectivity index (χ3n) is 3.13. The first-order chi connectivity index (χ1) is 8.22. The molecule has 4 heteroatoms. The second kappa shape index (κ2) is 5.49. The highest BCUT2D eigenvalue weighted by molar-refractivity contribution is 5.39. The van der Waals surface area contributed by atoms with E-state index in [4.69, 9.17) is 15.2 Å². The maximum absolute atomic E-state index is 6.29. The van der Waals surface area contributed by atoms with Crippen LogP contribution in [0.1, 0.15) is 17.2 Å². The van der Waals surface area contributed by atoms with E-state index >= 15 is 0 Å². The molecule has 1 fully saturated rings. The molecule has 1 heterocycles. The van der Waals surface area contributed by atoms with Crippen LogP contribution in [0, 0.1) is 6.92 Å². The van der Waals surface area contributed by atoms with Crippen molar-refractivity contribution in [2.75, 3.05) is 26.9 Å². The van der Waals surface area contributed by atoms with Gasteiger partial charge in [0.25, 0.3) is 0 Å². The number of nitrogens with one attached hydrogen (secondary N) is 1. The Morgan fingerprint density at radius 3 is 3.00 bits per heavy atom. The van der Waals surface area contributed by atoms with Crippen LogP contribution in [-0.2, 0) is 4.74 Å². The largest absolute Gasteiger partial charge is 0.496 e. The molecular formula is C13H20N2O2. The van der Waals surface area contributed by atoms with E-state index in [0.29, 0.717) is 6.61 Å². The summed E-state index contributed by atoms with van der Waals surface area (Å²) in [5, 5.41) is 3.38. The zero-order valence-electron chi connectivity index (χ0n) is 10.4. The Hall–Kier alpha value is -1.10. The van der Waals surface area contributed by atoms with Crippen molar-refractivity contribution in [3.05, 3.63) is 29.3 Å². The molecule has 17 heavy (non-hydrogen) atoms. The van der Waals surface area contributed by atoms with Crippen LogP contribution in [0.15, 0.2) is 18.2 Å². The predicted octanol–water partition coefficient (Wildman–Crippen LogP) is 0.992. The van der Waals surface area contributed by atoms with Gasteiger partial charge in [0.1, 0.15) is 5.75 Å². The zero-order valence-corrected chi connectivity index (χ0v) is 10.4. The lowest BCUT2D eigenvalue weighted by atomic mass is 9.97. The van der Waals surface area contributed by atoms with Gasteiger partial charge in [-0.15, -0.1) is 0 Å². The van der Waals surface area contributed by atoms with Gasteiger partial charge in [0.05, 0.1) is 26.4 Å². The molecule has 0 radical (unpaired) electrons. The van der Waals surface area contributed by atoms with Crippen molar-refractivity contribution >= 4 is 0 Å². The number of nitrogens with two attached hydrogens (primary N) is 1. The highest BCUT2D eigenvalue weighted by atomic mass is 16.5. The van der Waals surface area contributed by atoms with Gasteiger partial charge in [-0.1, -0.05) is 17.7 Å². The van der Waals surface area contributed by atoms with Crippen molar-refractivity contribution in [1.29, 1.82) is 0 Å². The number of benzene rings is 1. The minimum Gasteiger partial charge on any atom is -0.496 e. The van der Waals surface area contributed by atoms with E-state index in [9.17, 15) is 0 Å². The molecule has 1 aliphatic heterocycles. The second-order valence-electron chi connectivity index (χ2n) is 4.41. The molecule has 0 spiro atoms. The first-order valence-corrected chi connectivity index (χ1v) is 5.93. The van der Waals surface area contributed by atoms with Gasteiger partial charge in [0, 0.05) is 18.2 Å². The Balaban J connectivity index is 2.21. The highest BCUT2D eigenvalue weighted by Gasteiger charge is 2.24. The van der Waals surface area contributed by atoms with Crippen molar-refractivity contribution in [3.63, 3.8) is 0 Å². The van der Waals surface area contributed by atoms with E-state index in [1.54, 1.807) is 7.11 Å². The summed E-state index contributed by atoms with van der Waals surface area (Å²) in [6.07, 6.45) is 0. The Kier molecular flexibility index (Phi) is 3.99. The van der Waals surface area contributed by atoms with Gasteiger partial charge in [-0.05, 0) is 13.0 Å². The summed E-state index contributed by atoms with van der Waals surface area (Å²) >= 11 is 0. The number of hydrogen-bond acceptors (Lipinski definition) is 4. The van der Waals surface area contributed by atoms with Gasteiger partial charge in [0.2, 0.25) is 0 Å². The summed E-state index contributed by atoms with van der Waals surface area (Å²) in [6, 6.07) is 6.12. The molecule has 3 N–H and O–H groups in total. The van der Waals surface area contributed by atoms with Gasteiger partial charge >= 0.3 is 0 Å². The van der Waals surface area contributed by atoms with Crippen molar-refractivity contribution in [2.24, 2.45) is 5.73 Å². The Morgan fingerprint density at radius 2 is 2.35 bits per heavy atom. The third-order valence-corrected chi connectivity index (χ3v) is 3.13. The molecule has 1 aromatic carbocycles. The molecule has 4 nitrogen and oxygen atoms in total. The molecule has 2 rings (SSSR count). The van der Waals surface area contributed by atoms with Gasteiger partial charge in [-0.3, -0.25) is 0 Å². The smallest absolute Gasteiger partial charge is 0.123 e. The van der Waals surface area contributed by atoms with E-state index in [-0.39, 0.29) is 12.1 Å². The molecule has 1 saturated heterocycles. The fourth-order valence-electron chi connectivity index (χ4n) is 2.15. The van der Waals surface area contributed by atoms with E-state index in [0.717, 1.165) is 24.5 Å². The standard InChI is InChI=1S/C13H20N2O2/c1-9-3-4-12(16-2)10(7-9)13(14)11-8-17-6-5-15-11/h3-4,7,11,13,15H,5-6,8,14H2,1-2H3. The second-order valence-corrected chi connectivity index (χ2v) is 4.41. The lowest BCUT2D eigenvalue weighted by Gasteiger charge is -2.30. The first-order valence-electron chi connectivity index (χ1n) is 5.93. The SMILES string of the molecule is COc1ccc(C)cc1C(N)C1COCCN1. The van der Waals surface area contributed by atoms with Crippen molar-refractivity contribution in [1.82, 2.24) is 5.32 Å². The van der Waals surface area contributed by atoms with Crippen LogP contribution in [0.25, 0.3) is 0 Å². The quantitative estimate of drug-likeness (QED) is 0.822. The summed E-state index contributed by atoms with van der Waals surface area (Å²) < 4.78 is 10.8. The Bertz CT molecular complexity index is 376. The van der Waals surface area contributed by atoms with Crippen LogP contribution in [-0.4, -0.2) is 32.9 Å². The van der Waals surface area contributed by atoms with Crippen molar-refractivity contribution in [2.45, 2.75) is 19.0 Å². The van der Waals surface area contributed by atoms with Crippen LogP contribution in [0.2, 0.25) is 0 Å². The fraction of sp³-hybridized carbons (Fsp3) is 0.538. The van der Waals surface area contributed by atoms with E-state index < -0.39 is 0 Å². The lowest BCUT2D eigenvalue weighted by Crippen LogP contribution is -2.47. The van der Waals surface area contributed by atoms with E-state index in [2.05, 4.69) is 18.3 Å². The zero-order chi connectivity index (χ0) is 12.3. The minimum absolute atomic E-state index is 0.106. The summed E-state index contributed by atoms with van der Waals surface area (Å²) in [4.78, 5) is 0. The van der Waals surface area contributed by atoms with Crippen molar-refractivity contribution in [3.8, 4) is 5.75 Å². The molecule has 0 aromatic heterocycles. The normalized spacial score (nSPS) is 22.2.